The molecule has 0 unspecified atom stereocenters. The number of aromatic nitrogens is 2. The van der Waals surface area contributed by atoms with Gasteiger partial charge in [-0.15, -0.1) is 0 Å². The third-order valence-corrected chi connectivity index (χ3v) is 5.09. The molecule has 0 fully saturated rings. The average Bonchev–Trinajstić information content (AvgIpc) is 3.16. The van der Waals surface area contributed by atoms with Crippen LogP contribution in [0.3, 0.4) is 0 Å². The number of carbonyl (C=O) groups excluding carboxylic acids is 2. The van der Waals surface area contributed by atoms with Crippen molar-refractivity contribution in [1.29, 1.82) is 0 Å². The van der Waals surface area contributed by atoms with Gasteiger partial charge >= 0.3 is 5.97 Å². The summed E-state index contributed by atoms with van der Waals surface area (Å²) in [6, 6.07) is 11.0. The topological polar surface area (TPSA) is 78.3 Å². The van der Waals surface area contributed by atoms with E-state index in [9.17, 15) is 14.4 Å². The minimum absolute atomic E-state index is 0.0938. The van der Waals surface area contributed by atoms with Crippen molar-refractivity contribution in [1.82, 2.24) is 9.55 Å². The second-order valence-electron chi connectivity index (χ2n) is 6.74. The van der Waals surface area contributed by atoms with Crippen molar-refractivity contribution in [2.45, 2.75) is 32.4 Å². The van der Waals surface area contributed by atoms with Gasteiger partial charge in [0.25, 0.3) is 5.56 Å². The quantitative estimate of drug-likeness (QED) is 0.498. The number of nitrogens with zero attached hydrogens (tertiary/aromatic N) is 2. The monoisotopic (exact) mass is 396 g/mol. The largest absolute Gasteiger partial charge is 0.451 e. The van der Waals surface area contributed by atoms with Gasteiger partial charge in [0.15, 0.2) is 6.10 Å². The van der Waals surface area contributed by atoms with Gasteiger partial charge in [0.05, 0.1) is 16.5 Å². The minimum atomic E-state index is -0.956. The molecule has 4 rings (SSSR count). The van der Waals surface area contributed by atoms with E-state index in [0.717, 1.165) is 18.7 Å². The average molecular weight is 397 g/mol. The van der Waals surface area contributed by atoms with Crippen molar-refractivity contribution in [2.75, 3.05) is 0 Å². The van der Waals surface area contributed by atoms with Crippen LogP contribution in [0.2, 0.25) is 5.02 Å². The lowest BCUT2D eigenvalue weighted by Crippen LogP contribution is -2.25. The van der Waals surface area contributed by atoms with Gasteiger partial charge in [0.1, 0.15) is 5.82 Å². The van der Waals surface area contributed by atoms with Crippen molar-refractivity contribution in [2.24, 2.45) is 0 Å². The number of hydrogen-bond donors (Lipinski definition) is 0. The molecule has 6 nitrogen and oxygen atoms in total. The number of hydrogen-bond acceptors (Lipinski definition) is 5. The Morgan fingerprint density at radius 3 is 2.61 bits per heavy atom. The summed E-state index contributed by atoms with van der Waals surface area (Å²) >= 11 is 5.83. The molecule has 0 N–H and O–H groups in total. The zero-order valence-electron chi connectivity index (χ0n) is 15.1. The molecule has 0 saturated heterocycles. The van der Waals surface area contributed by atoms with Gasteiger partial charge in [-0.3, -0.25) is 14.2 Å². The number of ether oxygens (including phenoxy) is 1. The molecule has 7 heteroatoms. The Hall–Kier alpha value is -2.99. The van der Waals surface area contributed by atoms with E-state index in [1.807, 2.05) is 0 Å². The molecule has 0 bridgehead atoms. The summed E-state index contributed by atoms with van der Waals surface area (Å²) < 4.78 is 7.00. The van der Waals surface area contributed by atoms with Gasteiger partial charge in [-0.2, -0.15) is 0 Å². The maximum absolute atomic E-state index is 12.5. The highest BCUT2D eigenvalue weighted by molar-refractivity contribution is 6.30. The second kappa shape index (κ2) is 7.20. The van der Waals surface area contributed by atoms with Crippen LogP contribution in [0, 0.1) is 0 Å². The molecule has 2 heterocycles. The number of rotatable bonds is 4. The summed E-state index contributed by atoms with van der Waals surface area (Å²) in [5.41, 5.74) is 1.03. The van der Waals surface area contributed by atoms with Gasteiger partial charge in [0, 0.05) is 23.6 Å². The van der Waals surface area contributed by atoms with Crippen molar-refractivity contribution >= 4 is 34.3 Å². The fourth-order valence-electron chi connectivity index (χ4n) is 3.34. The number of ketones is 1. The first-order valence-electron chi connectivity index (χ1n) is 8.98. The summed E-state index contributed by atoms with van der Waals surface area (Å²) in [5.74, 6) is -0.228. The summed E-state index contributed by atoms with van der Waals surface area (Å²) in [6.45, 7) is 2.19. The number of carbonyl (C=O) groups is 2. The van der Waals surface area contributed by atoms with Crippen LogP contribution < -0.4 is 5.56 Å². The van der Waals surface area contributed by atoms with E-state index in [0.29, 0.717) is 28.0 Å². The highest BCUT2D eigenvalue weighted by Crippen LogP contribution is 2.18. The van der Waals surface area contributed by atoms with E-state index in [-0.39, 0.29) is 16.9 Å². The lowest BCUT2D eigenvalue weighted by molar-refractivity contribution is 0.0319. The maximum Gasteiger partial charge on any atom is 0.338 e. The third kappa shape index (κ3) is 3.31. The number of benzene rings is 2. The van der Waals surface area contributed by atoms with Crippen LogP contribution in [0.5, 0.6) is 0 Å². The summed E-state index contributed by atoms with van der Waals surface area (Å²) in [4.78, 5) is 41.9. The summed E-state index contributed by atoms with van der Waals surface area (Å²) in [6.07, 6.45) is 0.674. The Kier molecular flexibility index (Phi) is 4.73. The smallest absolute Gasteiger partial charge is 0.338 e. The Bertz CT molecular complexity index is 1150. The first kappa shape index (κ1) is 18.4. The summed E-state index contributed by atoms with van der Waals surface area (Å²) in [7, 11) is 0. The highest BCUT2D eigenvalue weighted by Gasteiger charge is 2.22. The van der Waals surface area contributed by atoms with E-state index < -0.39 is 12.1 Å². The van der Waals surface area contributed by atoms with Gasteiger partial charge in [-0.1, -0.05) is 11.6 Å². The Morgan fingerprint density at radius 1 is 1.14 bits per heavy atom. The zero-order chi connectivity index (χ0) is 19.8. The van der Waals surface area contributed by atoms with Crippen LogP contribution in [-0.4, -0.2) is 27.4 Å². The van der Waals surface area contributed by atoms with E-state index in [1.54, 1.807) is 34.9 Å². The third-order valence-electron chi connectivity index (χ3n) is 4.83. The number of aryl methyl sites for hydroxylation is 1. The molecule has 0 amide bonds. The van der Waals surface area contributed by atoms with Gasteiger partial charge in [-0.05, 0) is 55.8 Å². The number of halogens is 1. The van der Waals surface area contributed by atoms with Gasteiger partial charge < -0.3 is 4.74 Å². The van der Waals surface area contributed by atoms with E-state index in [1.165, 1.54) is 19.1 Å². The molecule has 0 aliphatic carbocycles. The molecule has 3 aromatic rings. The Balaban J connectivity index is 1.57. The fourth-order valence-corrected chi connectivity index (χ4v) is 3.47. The molecule has 1 aliphatic heterocycles. The van der Waals surface area contributed by atoms with Crippen molar-refractivity contribution < 1.29 is 14.3 Å². The van der Waals surface area contributed by atoms with Crippen LogP contribution in [-0.2, 0) is 17.7 Å². The van der Waals surface area contributed by atoms with Crippen molar-refractivity contribution in [3.63, 3.8) is 0 Å². The molecule has 0 radical (unpaired) electrons. The molecule has 0 saturated carbocycles. The summed E-state index contributed by atoms with van der Waals surface area (Å²) in [5, 5.41) is 0.986. The zero-order valence-corrected chi connectivity index (χ0v) is 15.9. The molecular formula is C21H17ClN2O4. The number of Topliss-reactive ketones (excluding diaryl/α,β-unsaturated/α-hetero) is 1. The van der Waals surface area contributed by atoms with Gasteiger partial charge in [0.2, 0.25) is 5.78 Å². The van der Waals surface area contributed by atoms with Crippen LogP contribution in [0.15, 0.2) is 47.3 Å². The van der Waals surface area contributed by atoms with E-state index in [2.05, 4.69) is 4.98 Å². The lowest BCUT2D eigenvalue weighted by Gasteiger charge is -2.13. The first-order chi connectivity index (χ1) is 13.4. The Labute approximate surface area is 165 Å². The van der Waals surface area contributed by atoms with E-state index in [4.69, 9.17) is 16.3 Å². The molecule has 0 spiro atoms. The van der Waals surface area contributed by atoms with E-state index >= 15 is 0 Å². The van der Waals surface area contributed by atoms with Crippen molar-refractivity contribution in [3.8, 4) is 0 Å². The van der Waals surface area contributed by atoms with Crippen LogP contribution in [0.4, 0.5) is 0 Å². The molecule has 1 atom stereocenters. The molecular weight excluding hydrogens is 380 g/mol. The predicted molar refractivity (Wildman–Crippen MR) is 105 cm³/mol. The molecule has 1 aliphatic rings. The minimum Gasteiger partial charge on any atom is -0.451 e. The van der Waals surface area contributed by atoms with Crippen LogP contribution in [0.25, 0.3) is 10.9 Å². The predicted octanol–water partition coefficient (Wildman–Crippen LogP) is 3.42. The molecule has 1 aromatic heterocycles. The maximum atomic E-state index is 12.5. The lowest BCUT2D eigenvalue weighted by atomic mass is 10.1. The highest BCUT2D eigenvalue weighted by atomic mass is 35.5. The number of fused-ring (bicyclic) bond motifs is 2. The molecule has 2 aromatic carbocycles. The normalized spacial score (nSPS) is 13.9. The first-order valence-corrected chi connectivity index (χ1v) is 9.36. The second-order valence-corrected chi connectivity index (χ2v) is 7.18. The standard InChI is InChI=1S/C21H17ClN2O4/c1-12(19(25)13-4-7-15(22)8-5-13)28-21(27)14-6-9-16-17(11-14)23-18-3-2-10-24(18)20(16)26/h4-9,11-12H,2-3,10H2,1H3/t12-/m1/s1. The number of esters is 1. The molecule has 28 heavy (non-hydrogen) atoms. The fraction of sp³-hybridized carbons (Fsp3) is 0.238. The van der Waals surface area contributed by atoms with Gasteiger partial charge in [-0.25, -0.2) is 9.78 Å². The SMILES string of the molecule is C[C@@H](OC(=O)c1ccc2c(=O)n3c(nc2c1)CCC3)C(=O)c1ccc(Cl)cc1. The van der Waals surface area contributed by atoms with Crippen molar-refractivity contribution in [3.05, 3.63) is 74.8 Å². The Morgan fingerprint density at radius 2 is 1.86 bits per heavy atom. The van der Waals surface area contributed by atoms with Crippen LogP contribution in [0.1, 0.15) is 39.9 Å². The molecule has 142 valence electrons. The van der Waals surface area contributed by atoms with Crippen LogP contribution >= 0.6 is 11.6 Å².